The van der Waals surface area contributed by atoms with Crippen LogP contribution in [-0.4, -0.2) is 14.2 Å². The molecule has 0 heterocycles. The van der Waals surface area contributed by atoms with Gasteiger partial charge in [-0.2, -0.15) is 0 Å². The number of methoxy groups -OCH3 is 2. The predicted molar refractivity (Wildman–Crippen MR) is 109 cm³/mol. The van der Waals surface area contributed by atoms with Crippen molar-refractivity contribution in [3.8, 4) is 17.2 Å². The van der Waals surface area contributed by atoms with Gasteiger partial charge in [0.15, 0.2) is 11.5 Å². The molecule has 4 nitrogen and oxygen atoms in total. The number of nitrogens with one attached hydrogen (secondary N) is 1. The third kappa shape index (κ3) is 5.08. The highest BCUT2D eigenvalue weighted by Crippen LogP contribution is 2.36. The molecule has 140 valence electrons. The van der Waals surface area contributed by atoms with Crippen LogP contribution in [0.4, 0.5) is 5.69 Å². The van der Waals surface area contributed by atoms with E-state index in [1.54, 1.807) is 20.3 Å². The van der Waals surface area contributed by atoms with Gasteiger partial charge in [0.2, 0.25) is 0 Å². The monoisotopic (exact) mass is 383 g/mol. The van der Waals surface area contributed by atoms with Gasteiger partial charge in [0.25, 0.3) is 0 Å². The summed E-state index contributed by atoms with van der Waals surface area (Å²) in [4.78, 5) is 0. The second kappa shape index (κ2) is 9.19. The first-order chi connectivity index (χ1) is 13.2. The van der Waals surface area contributed by atoms with Gasteiger partial charge in [0.05, 0.1) is 14.2 Å². The van der Waals surface area contributed by atoms with Crippen molar-refractivity contribution in [1.29, 1.82) is 0 Å². The van der Waals surface area contributed by atoms with Crippen LogP contribution in [0.25, 0.3) is 0 Å². The van der Waals surface area contributed by atoms with Crippen LogP contribution >= 0.6 is 11.6 Å². The average Bonchev–Trinajstić information content (AvgIpc) is 2.72. The molecule has 0 spiro atoms. The summed E-state index contributed by atoms with van der Waals surface area (Å²) in [5.74, 6) is 2.12. The van der Waals surface area contributed by atoms with Crippen molar-refractivity contribution in [2.75, 3.05) is 19.5 Å². The summed E-state index contributed by atoms with van der Waals surface area (Å²) in [5, 5.41) is 3.98. The molecule has 0 saturated heterocycles. The van der Waals surface area contributed by atoms with Gasteiger partial charge >= 0.3 is 0 Å². The Morgan fingerprint density at radius 2 is 1.63 bits per heavy atom. The quantitative estimate of drug-likeness (QED) is 0.553. The van der Waals surface area contributed by atoms with Gasteiger partial charge in [-0.05, 0) is 35.9 Å². The van der Waals surface area contributed by atoms with Gasteiger partial charge < -0.3 is 19.5 Å². The molecule has 0 aliphatic heterocycles. The van der Waals surface area contributed by atoms with Gasteiger partial charge in [-0.3, -0.25) is 0 Å². The summed E-state index contributed by atoms with van der Waals surface area (Å²) < 4.78 is 16.8. The highest BCUT2D eigenvalue weighted by atomic mass is 35.5. The lowest BCUT2D eigenvalue weighted by Gasteiger charge is -2.17. The fourth-order valence-electron chi connectivity index (χ4n) is 2.71. The number of ether oxygens (including phenoxy) is 3. The summed E-state index contributed by atoms with van der Waals surface area (Å²) in [7, 11) is 3.26. The topological polar surface area (TPSA) is 39.7 Å². The first kappa shape index (κ1) is 18.9. The second-order valence-electron chi connectivity index (χ2n) is 5.95. The maximum absolute atomic E-state index is 6.26. The zero-order valence-electron chi connectivity index (χ0n) is 15.4. The SMILES string of the molecule is COc1ccc(NCc2cc(Cl)cc(OC)c2OCc2ccccc2)cc1. The lowest BCUT2D eigenvalue weighted by atomic mass is 10.1. The van der Waals surface area contributed by atoms with E-state index in [0.717, 1.165) is 22.6 Å². The molecule has 0 fully saturated rings. The maximum Gasteiger partial charge on any atom is 0.166 e. The van der Waals surface area contributed by atoms with E-state index in [9.17, 15) is 0 Å². The molecule has 0 amide bonds. The van der Waals surface area contributed by atoms with Crippen LogP contribution in [0.5, 0.6) is 17.2 Å². The van der Waals surface area contributed by atoms with Crippen LogP contribution < -0.4 is 19.5 Å². The highest BCUT2D eigenvalue weighted by Gasteiger charge is 2.13. The molecule has 0 aliphatic rings. The van der Waals surface area contributed by atoms with Crippen LogP contribution in [0.3, 0.4) is 0 Å². The van der Waals surface area contributed by atoms with Gasteiger partial charge in [-0.1, -0.05) is 41.9 Å². The van der Waals surface area contributed by atoms with E-state index in [1.165, 1.54) is 0 Å². The van der Waals surface area contributed by atoms with Crippen LogP contribution in [0.2, 0.25) is 5.02 Å². The van der Waals surface area contributed by atoms with Crippen molar-refractivity contribution in [2.24, 2.45) is 0 Å². The Morgan fingerprint density at radius 1 is 0.889 bits per heavy atom. The van der Waals surface area contributed by atoms with E-state index < -0.39 is 0 Å². The van der Waals surface area contributed by atoms with Crippen molar-refractivity contribution in [2.45, 2.75) is 13.2 Å². The molecule has 0 aliphatic carbocycles. The molecular weight excluding hydrogens is 362 g/mol. The Morgan fingerprint density at radius 3 is 2.30 bits per heavy atom. The highest BCUT2D eigenvalue weighted by molar-refractivity contribution is 6.30. The molecule has 3 rings (SSSR count). The Balaban J connectivity index is 1.78. The second-order valence-corrected chi connectivity index (χ2v) is 6.39. The molecule has 3 aromatic rings. The van der Waals surface area contributed by atoms with E-state index in [0.29, 0.717) is 29.7 Å². The molecule has 3 aromatic carbocycles. The number of hydrogen-bond donors (Lipinski definition) is 1. The van der Waals surface area contributed by atoms with Crippen molar-refractivity contribution in [1.82, 2.24) is 0 Å². The van der Waals surface area contributed by atoms with Crippen LogP contribution in [0.1, 0.15) is 11.1 Å². The van der Waals surface area contributed by atoms with E-state index in [1.807, 2.05) is 60.7 Å². The van der Waals surface area contributed by atoms with E-state index in [4.69, 9.17) is 25.8 Å². The normalized spacial score (nSPS) is 10.3. The Kier molecular flexibility index (Phi) is 6.44. The third-order valence-electron chi connectivity index (χ3n) is 4.12. The molecule has 0 aromatic heterocycles. The number of rotatable bonds is 8. The van der Waals surface area contributed by atoms with Gasteiger partial charge in [0.1, 0.15) is 12.4 Å². The fraction of sp³-hybridized carbons (Fsp3) is 0.182. The van der Waals surface area contributed by atoms with Crippen molar-refractivity contribution in [3.63, 3.8) is 0 Å². The number of halogens is 1. The smallest absolute Gasteiger partial charge is 0.166 e. The lowest BCUT2D eigenvalue weighted by molar-refractivity contribution is 0.281. The lowest BCUT2D eigenvalue weighted by Crippen LogP contribution is -2.05. The molecule has 5 heteroatoms. The summed E-state index contributed by atoms with van der Waals surface area (Å²) >= 11 is 6.26. The minimum atomic E-state index is 0.453. The standard InChI is InChI=1S/C22H22ClNO3/c1-25-20-10-8-19(9-11-20)24-14-17-12-18(23)13-21(26-2)22(17)27-15-16-6-4-3-5-7-16/h3-13,24H,14-15H2,1-2H3. The van der Waals surface area contributed by atoms with Crippen molar-refractivity contribution < 1.29 is 14.2 Å². The Bertz CT molecular complexity index is 867. The molecule has 0 radical (unpaired) electrons. The number of anilines is 1. The van der Waals surface area contributed by atoms with Crippen molar-refractivity contribution in [3.05, 3.63) is 82.9 Å². The Labute approximate surface area is 164 Å². The van der Waals surface area contributed by atoms with E-state index in [-0.39, 0.29) is 0 Å². The molecule has 0 saturated carbocycles. The number of benzene rings is 3. The average molecular weight is 384 g/mol. The summed E-state index contributed by atoms with van der Waals surface area (Å²) in [6.07, 6.45) is 0. The van der Waals surface area contributed by atoms with Crippen LogP contribution in [-0.2, 0) is 13.2 Å². The predicted octanol–water partition coefficient (Wildman–Crippen LogP) is 5.55. The number of hydrogen-bond acceptors (Lipinski definition) is 4. The zero-order chi connectivity index (χ0) is 19.1. The first-order valence-electron chi connectivity index (χ1n) is 8.60. The Hall–Kier alpha value is -2.85. The summed E-state index contributed by atoms with van der Waals surface area (Å²) in [6.45, 7) is 1.00. The van der Waals surface area contributed by atoms with Crippen molar-refractivity contribution >= 4 is 17.3 Å². The summed E-state index contributed by atoms with van der Waals surface area (Å²) in [6, 6.07) is 21.4. The molecule has 1 N–H and O–H groups in total. The first-order valence-corrected chi connectivity index (χ1v) is 8.98. The van der Waals surface area contributed by atoms with Gasteiger partial charge in [-0.15, -0.1) is 0 Å². The van der Waals surface area contributed by atoms with Crippen LogP contribution in [0.15, 0.2) is 66.7 Å². The van der Waals surface area contributed by atoms with Gasteiger partial charge in [0, 0.05) is 28.9 Å². The van der Waals surface area contributed by atoms with E-state index >= 15 is 0 Å². The zero-order valence-corrected chi connectivity index (χ0v) is 16.1. The molecule has 27 heavy (non-hydrogen) atoms. The largest absolute Gasteiger partial charge is 0.497 e. The third-order valence-corrected chi connectivity index (χ3v) is 4.33. The maximum atomic E-state index is 6.26. The summed E-state index contributed by atoms with van der Waals surface area (Å²) in [5.41, 5.74) is 2.98. The molecule has 0 bridgehead atoms. The fourth-order valence-corrected chi connectivity index (χ4v) is 2.94. The molecule has 0 unspecified atom stereocenters. The molecule has 0 atom stereocenters. The minimum absolute atomic E-state index is 0.453. The minimum Gasteiger partial charge on any atom is -0.497 e. The van der Waals surface area contributed by atoms with E-state index in [2.05, 4.69) is 5.32 Å². The molecular formula is C22H22ClNO3. The van der Waals surface area contributed by atoms with Crippen LogP contribution in [0, 0.1) is 0 Å². The van der Waals surface area contributed by atoms with Gasteiger partial charge in [-0.25, -0.2) is 0 Å².